The van der Waals surface area contributed by atoms with Crippen molar-refractivity contribution in [3.8, 4) is 0 Å². The van der Waals surface area contributed by atoms with Gasteiger partial charge in [0.2, 0.25) is 0 Å². The van der Waals surface area contributed by atoms with Gasteiger partial charge in [0.05, 0.1) is 0 Å². The predicted molar refractivity (Wildman–Crippen MR) is 85.3 cm³/mol. The van der Waals surface area contributed by atoms with E-state index >= 15 is 0 Å². The van der Waals surface area contributed by atoms with Crippen LogP contribution in [0.15, 0.2) is 46.9 Å². The molecule has 1 aliphatic carbocycles. The van der Waals surface area contributed by atoms with Crippen LogP contribution in [0.4, 0.5) is 0 Å². The van der Waals surface area contributed by atoms with Gasteiger partial charge in [0.15, 0.2) is 5.78 Å². The minimum atomic E-state index is 0.104. The number of halogens is 1. The van der Waals surface area contributed by atoms with E-state index in [2.05, 4.69) is 28.1 Å². The molecule has 1 aliphatic rings. The number of hydrogen-bond acceptors (Lipinski definition) is 1. The van der Waals surface area contributed by atoms with Gasteiger partial charge in [-0.3, -0.25) is 4.79 Å². The molecule has 1 saturated carbocycles. The molecule has 1 nitrogen and oxygen atoms in total. The number of benzene rings is 2. The van der Waals surface area contributed by atoms with Crippen molar-refractivity contribution >= 4 is 21.7 Å². The van der Waals surface area contributed by atoms with Crippen molar-refractivity contribution in [2.45, 2.75) is 32.1 Å². The third-order valence-electron chi connectivity index (χ3n) is 4.16. The molecular formula is C18H17BrO. The number of hydrogen-bond donors (Lipinski definition) is 0. The lowest BCUT2D eigenvalue weighted by molar-refractivity contribution is 0.103. The molecule has 20 heavy (non-hydrogen) atoms. The normalized spacial score (nSPS) is 14.9. The van der Waals surface area contributed by atoms with Crippen LogP contribution in [0.25, 0.3) is 0 Å². The van der Waals surface area contributed by atoms with Gasteiger partial charge in [-0.1, -0.05) is 52.7 Å². The Morgan fingerprint density at radius 3 is 2.50 bits per heavy atom. The summed E-state index contributed by atoms with van der Waals surface area (Å²) in [7, 11) is 0. The second-order valence-electron chi connectivity index (χ2n) is 5.55. The van der Waals surface area contributed by atoms with Gasteiger partial charge in [-0.15, -0.1) is 0 Å². The highest BCUT2D eigenvalue weighted by atomic mass is 79.9. The van der Waals surface area contributed by atoms with E-state index in [9.17, 15) is 4.79 Å². The van der Waals surface area contributed by atoms with Crippen LogP contribution < -0.4 is 0 Å². The first kappa shape index (κ1) is 13.6. The third-order valence-corrected chi connectivity index (χ3v) is 5.01. The molecule has 0 aliphatic heterocycles. The molecule has 0 saturated heterocycles. The van der Waals surface area contributed by atoms with E-state index in [1.54, 1.807) is 0 Å². The van der Waals surface area contributed by atoms with Crippen molar-refractivity contribution < 1.29 is 4.79 Å². The molecule has 102 valence electrons. The monoisotopic (exact) mass is 328 g/mol. The second kappa shape index (κ2) is 5.53. The molecule has 2 aromatic rings. The number of ketones is 1. The van der Waals surface area contributed by atoms with Crippen LogP contribution in [-0.2, 0) is 0 Å². The standard InChI is InChI=1S/C18H17BrO/c1-12-8-9-16(11-17(12)19)18(20)15-7-3-6-14(10-15)13-4-2-5-13/h3,6-11,13H,2,4-5H2,1H3. The zero-order valence-corrected chi connectivity index (χ0v) is 13.1. The first-order valence-corrected chi connectivity index (χ1v) is 7.85. The average molecular weight is 329 g/mol. The predicted octanol–water partition coefficient (Wildman–Crippen LogP) is 5.26. The van der Waals surface area contributed by atoms with Crippen molar-refractivity contribution in [2.75, 3.05) is 0 Å². The maximum Gasteiger partial charge on any atom is 0.193 e. The molecule has 0 N–H and O–H groups in total. The first-order valence-electron chi connectivity index (χ1n) is 7.06. The van der Waals surface area contributed by atoms with Crippen molar-refractivity contribution in [1.29, 1.82) is 0 Å². The molecule has 1 fully saturated rings. The molecule has 0 aromatic heterocycles. The van der Waals surface area contributed by atoms with Crippen LogP contribution in [0.5, 0.6) is 0 Å². The fourth-order valence-corrected chi connectivity index (χ4v) is 2.95. The number of carbonyl (C=O) groups excluding carboxylic acids is 1. The minimum absolute atomic E-state index is 0.104. The van der Waals surface area contributed by atoms with Gasteiger partial charge in [0.1, 0.15) is 0 Å². The van der Waals surface area contributed by atoms with E-state index in [-0.39, 0.29) is 5.78 Å². The molecule has 2 heteroatoms. The summed E-state index contributed by atoms with van der Waals surface area (Å²) in [5.74, 6) is 0.763. The Bertz CT molecular complexity index is 656. The Hall–Kier alpha value is -1.41. The van der Waals surface area contributed by atoms with E-state index in [1.165, 1.54) is 24.8 Å². The maximum absolute atomic E-state index is 12.6. The van der Waals surface area contributed by atoms with Crippen molar-refractivity contribution in [3.63, 3.8) is 0 Å². The van der Waals surface area contributed by atoms with Crippen LogP contribution in [0.1, 0.15) is 52.2 Å². The molecule has 0 radical (unpaired) electrons. The van der Waals surface area contributed by atoms with E-state index < -0.39 is 0 Å². The van der Waals surface area contributed by atoms with Crippen LogP contribution in [-0.4, -0.2) is 5.78 Å². The lowest BCUT2D eigenvalue weighted by Crippen LogP contribution is -2.10. The van der Waals surface area contributed by atoms with Crippen molar-refractivity contribution in [3.05, 3.63) is 69.2 Å². The summed E-state index contributed by atoms with van der Waals surface area (Å²) in [5.41, 5.74) is 4.00. The van der Waals surface area contributed by atoms with E-state index in [4.69, 9.17) is 0 Å². The molecule has 0 spiro atoms. The topological polar surface area (TPSA) is 17.1 Å². The van der Waals surface area contributed by atoms with Gasteiger partial charge < -0.3 is 0 Å². The Morgan fingerprint density at radius 2 is 1.85 bits per heavy atom. The molecule has 0 unspecified atom stereocenters. The van der Waals surface area contributed by atoms with Gasteiger partial charge in [-0.2, -0.15) is 0 Å². The van der Waals surface area contributed by atoms with Gasteiger partial charge in [0, 0.05) is 15.6 Å². The molecule has 0 bridgehead atoms. The highest BCUT2D eigenvalue weighted by molar-refractivity contribution is 9.10. The summed E-state index contributed by atoms with van der Waals surface area (Å²) in [4.78, 5) is 12.6. The number of carbonyl (C=O) groups is 1. The summed E-state index contributed by atoms with van der Waals surface area (Å²) in [6.07, 6.45) is 3.83. The number of rotatable bonds is 3. The third kappa shape index (κ3) is 2.57. The SMILES string of the molecule is Cc1ccc(C(=O)c2cccc(C3CCC3)c2)cc1Br. The van der Waals surface area contributed by atoms with E-state index in [0.29, 0.717) is 5.92 Å². The van der Waals surface area contributed by atoms with Gasteiger partial charge in [-0.05, 0) is 48.9 Å². The molecule has 2 aromatic carbocycles. The second-order valence-corrected chi connectivity index (χ2v) is 6.40. The summed E-state index contributed by atoms with van der Waals surface area (Å²) >= 11 is 3.49. The Labute approximate surface area is 128 Å². The van der Waals surface area contributed by atoms with E-state index in [1.807, 2.05) is 37.3 Å². The minimum Gasteiger partial charge on any atom is -0.289 e. The molecule has 0 atom stereocenters. The number of aryl methyl sites for hydroxylation is 1. The highest BCUT2D eigenvalue weighted by Gasteiger charge is 2.20. The molecular weight excluding hydrogens is 312 g/mol. The largest absolute Gasteiger partial charge is 0.289 e. The van der Waals surface area contributed by atoms with Crippen LogP contribution in [0.3, 0.4) is 0 Å². The Morgan fingerprint density at radius 1 is 1.10 bits per heavy atom. The van der Waals surface area contributed by atoms with Crippen LogP contribution in [0.2, 0.25) is 0 Å². The van der Waals surface area contributed by atoms with Crippen LogP contribution in [0, 0.1) is 6.92 Å². The average Bonchev–Trinajstić information content (AvgIpc) is 2.39. The molecule has 3 rings (SSSR count). The zero-order chi connectivity index (χ0) is 14.1. The lowest BCUT2D eigenvalue weighted by atomic mass is 9.79. The van der Waals surface area contributed by atoms with E-state index in [0.717, 1.165) is 21.2 Å². The van der Waals surface area contributed by atoms with Gasteiger partial charge in [0.25, 0.3) is 0 Å². The Kier molecular flexibility index (Phi) is 3.75. The zero-order valence-electron chi connectivity index (χ0n) is 11.5. The summed E-state index contributed by atoms with van der Waals surface area (Å²) in [6, 6.07) is 13.9. The summed E-state index contributed by atoms with van der Waals surface area (Å²) in [6.45, 7) is 2.02. The van der Waals surface area contributed by atoms with Gasteiger partial charge >= 0.3 is 0 Å². The highest BCUT2D eigenvalue weighted by Crippen LogP contribution is 2.36. The fourth-order valence-electron chi connectivity index (χ4n) is 2.58. The Balaban J connectivity index is 1.91. The van der Waals surface area contributed by atoms with Crippen molar-refractivity contribution in [2.24, 2.45) is 0 Å². The smallest absolute Gasteiger partial charge is 0.193 e. The van der Waals surface area contributed by atoms with Crippen LogP contribution >= 0.6 is 15.9 Å². The summed E-state index contributed by atoms with van der Waals surface area (Å²) in [5, 5.41) is 0. The quantitative estimate of drug-likeness (QED) is 0.702. The van der Waals surface area contributed by atoms with Crippen molar-refractivity contribution in [1.82, 2.24) is 0 Å². The molecule has 0 heterocycles. The fraction of sp³-hybridized carbons (Fsp3) is 0.278. The molecule has 0 amide bonds. The van der Waals surface area contributed by atoms with Gasteiger partial charge in [-0.25, -0.2) is 0 Å². The summed E-state index contributed by atoms with van der Waals surface area (Å²) < 4.78 is 0.985. The maximum atomic E-state index is 12.6. The first-order chi connectivity index (χ1) is 9.65. The lowest BCUT2D eigenvalue weighted by Gasteiger charge is -2.26.